The van der Waals surface area contributed by atoms with Gasteiger partial charge in [0.15, 0.2) is 5.82 Å². The number of nitriles is 1. The zero-order valence-corrected chi connectivity index (χ0v) is 11.3. The maximum atomic E-state index is 8.94. The summed E-state index contributed by atoms with van der Waals surface area (Å²) in [7, 11) is 1.98. The molecule has 0 radical (unpaired) electrons. The van der Waals surface area contributed by atoms with Crippen molar-refractivity contribution < 1.29 is 0 Å². The van der Waals surface area contributed by atoms with Crippen molar-refractivity contribution >= 4 is 23.3 Å². The fraction of sp³-hybridized carbons (Fsp3) is 0.500. The van der Waals surface area contributed by atoms with Gasteiger partial charge in [-0.25, -0.2) is 4.98 Å². The number of nitrogens with two attached hydrogens (primary N) is 1. The van der Waals surface area contributed by atoms with E-state index in [-0.39, 0.29) is 0 Å². The number of thioether (sulfide) groups is 1. The van der Waals surface area contributed by atoms with Gasteiger partial charge >= 0.3 is 0 Å². The van der Waals surface area contributed by atoms with Crippen LogP contribution in [0.5, 0.6) is 0 Å². The Kier molecular flexibility index (Phi) is 5.11. The van der Waals surface area contributed by atoms with E-state index in [0.29, 0.717) is 23.1 Å². The standard InChI is InChI=1S/C12H18N4S/c1-4-10(8-17-3)16(2)12-11(14)9(7-13)5-6-15-12/h5-6,10H,4,8,14H2,1-3H3. The van der Waals surface area contributed by atoms with Crippen LogP contribution in [0.4, 0.5) is 11.5 Å². The van der Waals surface area contributed by atoms with Gasteiger partial charge in [-0.15, -0.1) is 0 Å². The van der Waals surface area contributed by atoms with E-state index in [1.165, 1.54) is 0 Å². The molecule has 0 amide bonds. The molecule has 1 atom stereocenters. The quantitative estimate of drug-likeness (QED) is 0.867. The Bertz CT molecular complexity index is 413. The number of nitrogens with zero attached hydrogens (tertiary/aromatic N) is 3. The Balaban J connectivity index is 3.03. The summed E-state index contributed by atoms with van der Waals surface area (Å²) < 4.78 is 0. The highest BCUT2D eigenvalue weighted by molar-refractivity contribution is 7.98. The lowest BCUT2D eigenvalue weighted by Crippen LogP contribution is -2.34. The number of aromatic nitrogens is 1. The number of nitrogen functional groups attached to an aromatic ring is 1. The van der Waals surface area contributed by atoms with E-state index in [1.807, 2.05) is 7.05 Å². The summed E-state index contributed by atoms with van der Waals surface area (Å²) in [6.07, 6.45) is 4.74. The maximum Gasteiger partial charge on any atom is 0.153 e. The average molecular weight is 250 g/mol. The van der Waals surface area contributed by atoms with Gasteiger partial charge in [-0.2, -0.15) is 17.0 Å². The Labute approximate surface area is 107 Å². The van der Waals surface area contributed by atoms with Crippen LogP contribution >= 0.6 is 11.8 Å². The van der Waals surface area contributed by atoms with Gasteiger partial charge in [0.25, 0.3) is 0 Å². The molecule has 17 heavy (non-hydrogen) atoms. The van der Waals surface area contributed by atoms with Gasteiger partial charge in [0.1, 0.15) is 6.07 Å². The summed E-state index contributed by atoms with van der Waals surface area (Å²) in [5, 5.41) is 8.94. The van der Waals surface area contributed by atoms with Gasteiger partial charge in [-0.3, -0.25) is 0 Å². The third kappa shape index (κ3) is 3.04. The first-order chi connectivity index (χ1) is 8.15. The van der Waals surface area contributed by atoms with Crippen molar-refractivity contribution in [1.29, 1.82) is 5.26 Å². The number of rotatable bonds is 5. The summed E-state index contributed by atoms with van der Waals surface area (Å²) >= 11 is 1.80. The molecule has 1 rings (SSSR count). The molecule has 0 saturated carbocycles. The lowest BCUT2D eigenvalue weighted by molar-refractivity contribution is 0.667. The summed E-state index contributed by atoms with van der Waals surface area (Å²) in [4.78, 5) is 6.34. The molecule has 1 heterocycles. The van der Waals surface area contributed by atoms with Gasteiger partial charge < -0.3 is 10.6 Å². The first-order valence-corrected chi connectivity index (χ1v) is 6.91. The van der Waals surface area contributed by atoms with Gasteiger partial charge in [-0.1, -0.05) is 6.92 Å². The molecule has 0 aromatic carbocycles. The lowest BCUT2D eigenvalue weighted by atomic mass is 10.2. The van der Waals surface area contributed by atoms with E-state index in [2.05, 4.69) is 29.1 Å². The number of hydrogen-bond acceptors (Lipinski definition) is 5. The second-order valence-electron chi connectivity index (χ2n) is 3.84. The Morgan fingerprint density at radius 2 is 2.35 bits per heavy atom. The van der Waals surface area contributed by atoms with Crippen LogP contribution in [0.25, 0.3) is 0 Å². The van der Waals surface area contributed by atoms with Gasteiger partial charge in [0.2, 0.25) is 0 Å². The smallest absolute Gasteiger partial charge is 0.153 e. The van der Waals surface area contributed by atoms with Gasteiger partial charge in [0, 0.05) is 25.0 Å². The van der Waals surface area contributed by atoms with Crippen molar-refractivity contribution in [3.63, 3.8) is 0 Å². The zero-order chi connectivity index (χ0) is 12.8. The molecule has 4 nitrogen and oxygen atoms in total. The van der Waals surface area contributed by atoms with E-state index in [0.717, 1.165) is 12.2 Å². The Morgan fingerprint density at radius 3 is 2.88 bits per heavy atom. The highest BCUT2D eigenvalue weighted by Gasteiger charge is 2.17. The number of anilines is 2. The molecule has 1 unspecified atom stereocenters. The highest BCUT2D eigenvalue weighted by Crippen LogP contribution is 2.25. The molecule has 0 spiro atoms. The fourth-order valence-corrected chi connectivity index (χ4v) is 2.55. The van der Waals surface area contributed by atoms with Crippen molar-refractivity contribution in [2.75, 3.05) is 29.7 Å². The third-order valence-corrected chi connectivity index (χ3v) is 3.52. The second-order valence-corrected chi connectivity index (χ2v) is 4.75. The van der Waals surface area contributed by atoms with Crippen LogP contribution in [-0.2, 0) is 0 Å². The van der Waals surface area contributed by atoms with Crippen molar-refractivity contribution in [2.24, 2.45) is 0 Å². The topological polar surface area (TPSA) is 65.9 Å². The molecule has 92 valence electrons. The molecule has 1 aromatic heterocycles. The van der Waals surface area contributed by atoms with Crippen LogP contribution in [0.1, 0.15) is 18.9 Å². The van der Waals surface area contributed by atoms with Crippen LogP contribution in [0.2, 0.25) is 0 Å². The number of hydrogen-bond donors (Lipinski definition) is 1. The van der Waals surface area contributed by atoms with Crippen LogP contribution in [0, 0.1) is 11.3 Å². The van der Waals surface area contributed by atoms with Crippen LogP contribution in [-0.4, -0.2) is 30.1 Å². The van der Waals surface area contributed by atoms with Crippen molar-refractivity contribution in [3.8, 4) is 6.07 Å². The van der Waals surface area contributed by atoms with Crippen molar-refractivity contribution in [1.82, 2.24) is 4.98 Å². The lowest BCUT2D eigenvalue weighted by Gasteiger charge is -2.28. The molecule has 0 bridgehead atoms. The Morgan fingerprint density at radius 1 is 1.65 bits per heavy atom. The number of pyridine rings is 1. The predicted molar refractivity (Wildman–Crippen MR) is 74.2 cm³/mol. The minimum absolute atomic E-state index is 0.383. The second kappa shape index (κ2) is 6.36. The molecular weight excluding hydrogens is 232 g/mol. The summed E-state index contributed by atoms with van der Waals surface area (Å²) in [6.45, 7) is 2.14. The molecule has 0 aliphatic carbocycles. The van der Waals surface area contributed by atoms with Crippen molar-refractivity contribution in [2.45, 2.75) is 19.4 Å². The molecule has 0 fully saturated rings. The first-order valence-electron chi connectivity index (χ1n) is 5.52. The Hall–Kier alpha value is -1.41. The van der Waals surface area contributed by atoms with E-state index >= 15 is 0 Å². The summed E-state index contributed by atoms with van der Waals surface area (Å²) in [5.74, 6) is 1.72. The average Bonchev–Trinajstić information content (AvgIpc) is 2.35. The molecule has 0 aliphatic heterocycles. The van der Waals surface area contributed by atoms with Crippen LogP contribution < -0.4 is 10.6 Å². The van der Waals surface area contributed by atoms with E-state index in [1.54, 1.807) is 24.0 Å². The molecule has 5 heteroatoms. The molecular formula is C12H18N4S. The van der Waals surface area contributed by atoms with E-state index in [9.17, 15) is 0 Å². The minimum Gasteiger partial charge on any atom is -0.395 e. The predicted octanol–water partition coefficient (Wildman–Crippen LogP) is 2.11. The summed E-state index contributed by atoms with van der Waals surface area (Å²) in [6, 6.07) is 4.11. The third-order valence-electron chi connectivity index (χ3n) is 2.80. The van der Waals surface area contributed by atoms with E-state index in [4.69, 9.17) is 11.0 Å². The van der Waals surface area contributed by atoms with Crippen LogP contribution in [0.3, 0.4) is 0 Å². The maximum absolute atomic E-state index is 8.94. The largest absolute Gasteiger partial charge is 0.395 e. The summed E-state index contributed by atoms with van der Waals surface area (Å²) in [5.41, 5.74) is 6.91. The van der Waals surface area contributed by atoms with Crippen molar-refractivity contribution in [3.05, 3.63) is 17.8 Å². The monoisotopic (exact) mass is 250 g/mol. The molecule has 0 saturated heterocycles. The zero-order valence-electron chi connectivity index (χ0n) is 10.5. The van der Waals surface area contributed by atoms with Crippen LogP contribution in [0.15, 0.2) is 12.3 Å². The fourth-order valence-electron chi connectivity index (χ4n) is 1.71. The molecule has 1 aromatic rings. The SMILES string of the molecule is CCC(CSC)N(C)c1nccc(C#N)c1N. The van der Waals surface area contributed by atoms with Gasteiger partial charge in [-0.05, 0) is 18.7 Å². The molecule has 2 N–H and O–H groups in total. The first kappa shape index (κ1) is 13.7. The van der Waals surface area contributed by atoms with Gasteiger partial charge in [0.05, 0.1) is 11.3 Å². The minimum atomic E-state index is 0.383. The molecule has 0 aliphatic rings. The highest BCUT2D eigenvalue weighted by atomic mass is 32.2. The normalized spacial score (nSPS) is 11.9. The van der Waals surface area contributed by atoms with E-state index < -0.39 is 0 Å².